The quantitative estimate of drug-likeness (QED) is 0.753. The standard InChI is InChI=1S/C13H18O2/c1-14-12-8-9-13(12,15-2)10-11-6-4-3-5-7-11/h3-7,12H,8-10H2,1-2H3. The normalized spacial score (nSPS) is 29.9. The van der Waals surface area contributed by atoms with Crippen molar-refractivity contribution in [2.45, 2.75) is 31.0 Å². The fourth-order valence-electron chi connectivity index (χ4n) is 2.37. The van der Waals surface area contributed by atoms with E-state index in [0.29, 0.717) is 0 Å². The molecule has 1 aromatic rings. The first-order valence-electron chi connectivity index (χ1n) is 5.42. The Morgan fingerprint density at radius 2 is 2.00 bits per heavy atom. The lowest BCUT2D eigenvalue weighted by atomic mass is 9.73. The van der Waals surface area contributed by atoms with Gasteiger partial charge in [-0.3, -0.25) is 0 Å². The van der Waals surface area contributed by atoms with Crippen LogP contribution in [-0.2, 0) is 15.9 Å². The third kappa shape index (κ3) is 1.92. The number of hydrogen-bond acceptors (Lipinski definition) is 2. The van der Waals surface area contributed by atoms with Gasteiger partial charge in [0.25, 0.3) is 0 Å². The summed E-state index contributed by atoms with van der Waals surface area (Å²) in [5.74, 6) is 0. The Morgan fingerprint density at radius 1 is 1.27 bits per heavy atom. The van der Waals surface area contributed by atoms with Crippen LogP contribution in [0.25, 0.3) is 0 Å². The molecule has 2 nitrogen and oxygen atoms in total. The molecule has 0 aliphatic heterocycles. The average Bonchev–Trinajstić information content (AvgIpc) is 2.26. The Kier molecular flexibility index (Phi) is 3.08. The first-order chi connectivity index (χ1) is 7.30. The molecule has 1 aliphatic rings. The Morgan fingerprint density at radius 3 is 2.47 bits per heavy atom. The van der Waals surface area contributed by atoms with Crippen molar-refractivity contribution >= 4 is 0 Å². The summed E-state index contributed by atoms with van der Waals surface area (Å²) in [7, 11) is 3.55. The fourth-order valence-corrected chi connectivity index (χ4v) is 2.37. The van der Waals surface area contributed by atoms with Gasteiger partial charge in [-0.15, -0.1) is 0 Å². The van der Waals surface area contributed by atoms with Gasteiger partial charge in [0.05, 0.1) is 11.7 Å². The van der Waals surface area contributed by atoms with Gasteiger partial charge in [-0.1, -0.05) is 30.3 Å². The summed E-state index contributed by atoms with van der Waals surface area (Å²) in [6.07, 6.45) is 3.40. The van der Waals surface area contributed by atoms with Crippen LogP contribution in [-0.4, -0.2) is 25.9 Å². The highest BCUT2D eigenvalue weighted by atomic mass is 16.5. The van der Waals surface area contributed by atoms with E-state index in [9.17, 15) is 0 Å². The van der Waals surface area contributed by atoms with Crippen LogP contribution in [0.5, 0.6) is 0 Å². The maximum absolute atomic E-state index is 5.66. The van der Waals surface area contributed by atoms with Crippen LogP contribution in [0, 0.1) is 0 Å². The highest BCUT2D eigenvalue weighted by Gasteiger charge is 2.47. The van der Waals surface area contributed by atoms with E-state index in [1.54, 1.807) is 14.2 Å². The summed E-state index contributed by atoms with van der Waals surface area (Å²) >= 11 is 0. The van der Waals surface area contributed by atoms with Crippen LogP contribution >= 0.6 is 0 Å². The topological polar surface area (TPSA) is 18.5 Å². The Labute approximate surface area is 91.2 Å². The van der Waals surface area contributed by atoms with Crippen molar-refractivity contribution in [2.75, 3.05) is 14.2 Å². The van der Waals surface area contributed by atoms with Crippen molar-refractivity contribution in [1.82, 2.24) is 0 Å². The van der Waals surface area contributed by atoms with Crippen LogP contribution in [0.2, 0.25) is 0 Å². The highest BCUT2D eigenvalue weighted by Crippen LogP contribution is 2.40. The van der Waals surface area contributed by atoms with Crippen molar-refractivity contribution in [1.29, 1.82) is 0 Å². The number of benzene rings is 1. The van der Waals surface area contributed by atoms with Gasteiger partial charge in [0, 0.05) is 20.6 Å². The predicted octanol–water partition coefficient (Wildman–Crippen LogP) is 2.42. The Balaban J connectivity index is 2.09. The second kappa shape index (κ2) is 4.33. The third-order valence-corrected chi connectivity index (χ3v) is 3.45. The minimum absolute atomic E-state index is 0.0872. The summed E-state index contributed by atoms with van der Waals surface area (Å²) in [6, 6.07) is 10.5. The summed E-state index contributed by atoms with van der Waals surface area (Å²) in [5.41, 5.74) is 1.23. The van der Waals surface area contributed by atoms with Crippen LogP contribution in [0.3, 0.4) is 0 Å². The molecular formula is C13H18O2. The van der Waals surface area contributed by atoms with E-state index in [2.05, 4.69) is 24.3 Å². The summed E-state index contributed by atoms with van der Waals surface area (Å²) in [6.45, 7) is 0. The van der Waals surface area contributed by atoms with Crippen LogP contribution < -0.4 is 0 Å². The predicted molar refractivity (Wildman–Crippen MR) is 59.9 cm³/mol. The highest BCUT2D eigenvalue weighted by molar-refractivity contribution is 5.19. The average molecular weight is 206 g/mol. The van der Waals surface area contributed by atoms with Gasteiger partial charge in [0.15, 0.2) is 0 Å². The van der Waals surface area contributed by atoms with Gasteiger partial charge in [0.1, 0.15) is 0 Å². The molecule has 82 valence electrons. The van der Waals surface area contributed by atoms with E-state index in [4.69, 9.17) is 9.47 Å². The van der Waals surface area contributed by atoms with Crippen molar-refractivity contribution < 1.29 is 9.47 Å². The smallest absolute Gasteiger partial charge is 0.0979 e. The monoisotopic (exact) mass is 206 g/mol. The maximum atomic E-state index is 5.66. The molecule has 2 heteroatoms. The summed E-state index contributed by atoms with van der Waals surface area (Å²) < 4.78 is 11.1. The molecule has 1 fully saturated rings. The number of ether oxygens (including phenoxy) is 2. The molecule has 2 unspecified atom stereocenters. The lowest BCUT2D eigenvalue weighted by Crippen LogP contribution is -2.55. The van der Waals surface area contributed by atoms with Gasteiger partial charge >= 0.3 is 0 Å². The van der Waals surface area contributed by atoms with E-state index in [1.165, 1.54) is 5.56 Å². The lowest BCUT2D eigenvalue weighted by molar-refractivity contribution is -0.177. The van der Waals surface area contributed by atoms with Crippen LogP contribution in [0.15, 0.2) is 30.3 Å². The second-order valence-corrected chi connectivity index (χ2v) is 4.19. The van der Waals surface area contributed by atoms with Gasteiger partial charge in [0.2, 0.25) is 0 Å². The van der Waals surface area contributed by atoms with Crippen LogP contribution in [0.4, 0.5) is 0 Å². The molecular weight excluding hydrogens is 188 g/mol. The minimum atomic E-state index is -0.0872. The molecule has 1 aliphatic carbocycles. The van der Waals surface area contributed by atoms with E-state index in [1.807, 2.05) is 6.07 Å². The van der Waals surface area contributed by atoms with Crippen molar-refractivity contribution in [3.8, 4) is 0 Å². The lowest BCUT2D eigenvalue weighted by Gasteiger charge is -2.47. The molecule has 0 N–H and O–H groups in total. The van der Waals surface area contributed by atoms with E-state index in [0.717, 1.165) is 19.3 Å². The first kappa shape index (κ1) is 10.7. The molecule has 0 amide bonds. The molecule has 2 atom stereocenters. The fraction of sp³-hybridized carbons (Fsp3) is 0.538. The van der Waals surface area contributed by atoms with E-state index in [-0.39, 0.29) is 11.7 Å². The van der Waals surface area contributed by atoms with Crippen molar-refractivity contribution in [2.24, 2.45) is 0 Å². The minimum Gasteiger partial charge on any atom is -0.378 e. The Hall–Kier alpha value is -0.860. The SMILES string of the molecule is COC1CCC1(Cc1ccccc1)OC. The Bertz CT molecular complexity index is 304. The van der Waals surface area contributed by atoms with Gasteiger partial charge in [-0.2, -0.15) is 0 Å². The zero-order chi connectivity index (χ0) is 10.7. The summed E-state index contributed by atoms with van der Waals surface area (Å²) in [4.78, 5) is 0. The van der Waals surface area contributed by atoms with Crippen molar-refractivity contribution in [3.63, 3.8) is 0 Å². The molecule has 15 heavy (non-hydrogen) atoms. The largest absolute Gasteiger partial charge is 0.378 e. The molecule has 0 heterocycles. The van der Waals surface area contributed by atoms with E-state index >= 15 is 0 Å². The zero-order valence-corrected chi connectivity index (χ0v) is 9.40. The molecule has 0 bridgehead atoms. The molecule has 2 rings (SSSR count). The first-order valence-corrected chi connectivity index (χ1v) is 5.42. The van der Waals surface area contributed by atoms with Gasteiger partial charge < -0.3 is 9.47 Å². The van der Waals surface area contributed by atoms with Crippen molar-refractivity contribution in [3.05, 3.63) is 35.9 Å². The summed E-state index contributed by atoms with van der Waals surface area (Å²) in [5, 5.41) is 0. The molecule has 0 spiro atoms. The zero-order valence-electron chi connectivity index (χ0n) is 9.40. The third-order valence-electron chi connectivity index (χ3n) is 3.45. The maximum Gasteiger partial charge on any atom is 0.0979 e. The van der Waals surface area contributed by atoms with Gasteiger partial charge in [-0.05, 0) is 18.4 Å². The van der Waals surface area contributed by atoms with Gasteiger partial charge in [-0.25, -0.2) is 0 Å². The molecule has 0 saturated heterocycles. The number of methoxy groups -OCH3 is 2. The number of hydrogen-bond donors (Lipinski definition) is 0. The molecule has 1 saturated carbocycles. The second-order valence-electron chi connectivity index (χ2n) is 4.19. The molecule has 1 aromatic carbocycles. The number of rotatable bonds is 4. The molecule has 0 aromatic heterocycles. The van der Waals surface area contributed by atoms with Crippen LogP contribution in [0.1, 0.15) is 18.4 Å². The molecule has 0 radical (unpaired) electrons. The van der Waals surface area contributed by atoms with E-state index < -0.39 is 0 Å².